The van der Waals surface area contributed by atoms with Gasteiger partial charge in [-0.15, -0.1) is 10.2 Å². The number of H-pyrrole nitrogens is 2. The Morgan fingerprint density at radius 2 is 2.27 bits per heavy atom. The van der Waals surface area contributed by atoms with E-state index < -0.39 is 0 Å². The van der Waals surface area contributed by atoms with Crippen molar-refractivity contribution in [1.29, 1.82) is 5.26 Å². The van der Waals surface area contributed by atoms with Crippen molar-refractivity contribution in [3.8, 4) is 6.07 Å². The van der Waals surface area contributed by atoms with Crippen LogP contribution in [0, 0.1) is 11.3 Å². The van der Waals surface area contributed by atoms with Crippen LogP contribution in [0.3, 0.4) is 0 Å². The molecule has 0 radical (unpaired) electrons. The minimum Gasteiger partial charge on any atom is -0.360 e. The number of fused-ring (bicyclic) bond motifs is 1. The molecule has 1 aromatic carbocycles. The van der Waals surface area contributed by atoms with E-state index in [1.807, 2.05) is 6.07 Å². The van der Waals surface area contributed by atoms with Crippen molar-refractivity contribution < 1.29 is 0 Å². The first-order chi connectivity index (χ1) is 10.7. The zero-order valence-corrected chi connectivity index (χ0v) is 11.7. The van der Waals surface area contributed by atoms with Gasteiger partial charge in [-0.3, -0.25) is 4.79 Å². The molecule has 8 nitrogen and oxygen atoms in total. The van der Waals surface area contributed by atoms with Crippen molar-refractivity contribution in [2.75, 3.05) is 5.32 Å². The van der Waals surface area contributed by atoms with Crippen molar-refractivity contribution in [2.24, 2.45) is 0 Å². The highest BCUT2D eigenvalue weighted by molar-refractivity contribution is 6.35. The van der Waals surface area contributed by atoms with Gasteiger partial charge in [-0.1, -0.05) is 17.7 Å². The van der Waals surface area contributed by atoms with Gasteiger partial charge in [-0.05, 0) is 17.3 Å². The highest BCUT2D eigenvalue weighted by Crippen LogP contribution is 2.23. The molecule has 22 heavy (non-hydrogen) atoms. The van der Waals surface area contributed by atoms with E-state index >= 15 is 0 Å². The highest BCUT2D eigenvalue weighted by atomic mass is 35.5. The lowest BCUT2D eigenvalue weighted by Gasteiger charge is -2.04. The summed E-state index contributed by atoms with van der Waals surface area (Å²) in [5.41, 5.74) is 0.580. The molecule has 0 aliphatic heterocycles. The fourth-order valence-corrected chi connectivity index (χ4v) is 2.11. The summed E-state index contributed by atoms with van der Waals surface area (Å²) in [6.07, 6.45) is 2.88. The SMILES string of the molecule is N#CC(=CNc1ccc2c(Cl)c[nH]c(=O)c2c1)c1nn[nH]n1. The van der Waals surface area contributed by atoms with Crippen molar-refractivity contribution in [2.45, 2.75) is 0 Å². The van der Waals surface area contributed by atoms with E-state index in [2.05, 4.69) is 30.9 Å². The predicted molar refractivity (Wildman–Crippen MR) is 81.0 cm³/mol. The molecule has 2 aromatic heterocycles. The normalized spacial score (nSPS) is 11.4. The molecule has 0 aliphatic carbocycles. The number of nitrogens with zero attached hydrogens (tertiary/aromatic N) is 4. The quantitative estimate of drug-likeness (QED) is 0.632. The molecule has 0 fully saturated rings. The Kier molecular flexibility index (Phi) is 3.55. The molecule has 0 unspecified atom stereocenters. The molecule has 3 aromatic rings. The molecule has 0 saturated heterocycles. The third-order valence-electron chi connectivity index (χ3n) is 2.94. The van der Waals surface area contributed by atoms with Crippen molar-refractivity contribution in [1.82, 2.24) is 25.6 Å². The van der Waals surface area contributed by atoms with Crippen LogP contribution in [0.1, 0.15) is 5.82 Å². The maximum absolute atomic E-state index is 11.8. The van der Waals surface area contributed by atoms with Gasteiger partial charge in [0, 0.05) is 23.5 Å². The third kappa shape index (κ3) is 2.53. The Morgan fingerprint density at radius 3 is 3.00 bits per heavy atom. The number of benzene rings is 1. The minimum atomic E-state index is -0.245. The molecule has 0 aliphatic rings. The smallest absolute Gasteiger partial charge is 0.255 e. The third-order valence-corrected chi connectivity index (χ3v) is 3.25. The van der Waals surface area contributed by atoms with Crippen LogP contribution in [-0.2, 0) is 0 Å². The van der Waals surface area contributed by atoms with Gasteiger partial charge in [0.2, 0.25) is 5.82 Å². The lowest BCUT2D eigenvalue weighted by atomic mass is 10.1. The molecule has 9 heteroatoms. The standard InChI is InChI=1S/C13H8ClN7O/c14-11-6-17-13(22)10-3-8(1-2-9(10)11)16-5-7(4-15)12-18-20-21-19-12/h1-3,5-6,16H,(H,17,22)(H,18,19,20,21). The van der Waals surface area contributed by atoms with Crippen LogP contribution in [0.2, 0.25) is 5.02 Å². The van der Waals surface area contributed by atoms with Crippen LogP contribution >= 0.6 is 11.6 Å². The Balaban J connectivity index is 1.97. The van der Waals surface area contributed by atoms with E-state index in [0.717, 1.165) is 0 Å². The molecule has 0 saturated carbocycles. The summed E-state index contributed by atoms with van der Waals surface area (Å²) in [7, 11) is 0. The second-order valence-electron chi connectivity index (χ2n) is 4.28. The first-order valence-corrected chi connectivity index (χ1v) is 6.48. The number of halogens is 1. The Labute approximate surface area is 128 Å². The summed E-state index contributed by atoms with van der Waals surface area (Å²) in [4.78, 5) is 14.4. The van der Waals surface area contributed by atoms with E-state index in [1.165, 1.54) is 12.4 Å². The fourth-order valence-electron chi connectivity index (χ4n) is 1.89. The molecular weight excluding hydrogens is 306 g/mol. The average Bonchev–Trinajstić information content (AvgIpc) is 3.06. The number of allylic oxidation sites excluding steroid dienone is 1. The van der Waals surface area contributed by atoms with Gasteiger partial charge in [0.05, 0.1) is 10.4 Å². The number of pyridine rings is 1. The molecule has 0 bridgehead atoms. The lowest BCUT2D eigenvalue weighted by molar-refractivity contribution is 0.881. The van der Waals surface area contributed by atoms with Gasteiger partial charge >= 0.3 is 0 Å². The van der Waals surface area contributed by atoms with Crippen LogP contribution in [0.5, 0.6) is 0 Å². The Hall–Kier alpha value is -3.18. The maximum atomic E-state index is 11.8. The van der Waals surface area contributed by atoms with Gasteiger partial charge in [0.25, 0.3) is 5.56 Å². The second-order valence-corrected chi connectivity index (χ2v) is 4.68. The fraction of sp³-hybridized carbons (Fsp3) is 0. The topological polar surface area (TPSA) is 123 Å². The summed E-state index contributed by atoms with van der Waals surface area (Å²) in [5, 5.41) is 26.7. The number of hydrogen-bond acceptors (Lipinski definition) is 6. The maximum Gasteiger partial charge on any atom is 0.255 e. The first kappa shape index (κ1) is 13.8. The number of hydrogen-bond donors (Lipinski definition) is 3. The predicted octanol–water partition coefficient (Wildman–Crippen LogP) is 1.67. The van der Waals surface area contributed by atoms with Crippen molar-refractivity contribution in [3.63, 3.8) is 0 Å². The first-order valence-electron chi connectivity index (χ1n) is 6.10. The lowest BCUT2D eigenvalue weighted by Crippen LogP contribution is -2.05. The monoisotopic (exact) mass is 313 g/mol. The molecule has 3 N–H and O–H groups in total. The number of nitriles is 1. The summed E-state index contributed by atoms with van der Waals surface area (Å²) < 4.78 is 0. The Bertz CT molecular complexity index is 953. The van der Waals surface area contributed by atoms with E-state index in [9.17, 15) is 4.79 Å². The summed E-state index contributed by atoms with van der Waals surface area (Å²) >= 11 is 6.03. The number of aromatic nitrogens is 5. The highest BCUT2D eigenvalue weighted by Gasteiger charge is 2.07. The minimum absolute atomic E-state index is 0.177. The summed E-state index contributed by atoms with van der Waals surface area (Å²) in [6.45, 7) is 0. The second kappa shape index (κ2) is 5.67. The number of aromatic amines is 2. The Morgan fingerprint density at radius 1 is 1.41 bits per heavy atom. The number of tetrazole rings is 1. The number of rotatable bonds is 3. The molecule has 0 spiro atoms. The van der Waals surface area contributed by atoms with Crippen LogP contribution in [0.4, 0.5) is 5.69 Å². The molecule has 2 heterocycles. The zero-order chi connectivity index (χ0) is 15.5. The van der Waals surface area contributed by atoms with Crippen LogP contribution in [0.25, 0.3) is 16.3 Å². The molecule has 108 valence electrons. The van der Waals surface area contributed by atoms with Gasteiger partial charge < -0.3 is 10.3 Å². The van der Waals surface area contributed by atoms with Crippen molar-refractivity contribution >= 4 is 33.6 Å². The van der Waals surface area contributed by atoms with Crippen LogP contribution in [-0.4, -0.2) is 25.6 Å². The van der Waals surface area contributed by atoms with Gasteiger partial charge in [-0.25, -0.2) is 0 Å². The number of anilines is 1. The molecule has 0 amide bonds. The van der Waals surface area contributed by atoms with Gasteiger partial charge in [0.15, 0.2) is 0 Å². The molecular formula is C13H8ClN7O. The van der Waals surface area contributed by atoms with Crippen LogP contribution < -0.4 is 10.9 Å². The van der Waals surface area contributed by atoms with E-state index in [1.54, 1.807) is 18.2 Å². The van der Waals surface area contributed by atoms with Crippen LogP contribution in [0.15, 0.2) is 35.4 Å². The summed E-state index contributed by atoms with van der Waals surface area (Å²) in [6, 6.07) is 7.07. The molecule has 0 atom stereocenters. The molecule has 3 rings (SSSR count). The van der Waals surface area contributed by atoms with Gasteiger partial charge in [0.1, 0.15) is 11.6 Å². The van der Waals surface area contributed by atoms with E-state index in [0.29, 0.717) is 21.5 Å². The van der Waals surface area contributed by atoms with E-state index in [4.69, 9.17) is 16.9 Å². The largest absolute Gasteiger partial charge is 0.360 e. The summed E-state index contributed by atoms with van der Waals surface area (Å²) in [5.74, 6) is 0.177. The number of nitrogens with one attached hydrogen (secondary N) is 3. The van der Waals surface area contributed by atoms with Crippen molar-refractivity contribution in [3.05, 3.63) is 51.8 Å². The zero-order valence-electron chi connectivity index (χ0n) is 11.0. The average molecular weight is 314 g/mol. The van der Waals surface area contributed by atoms with E-state index in [-0.39, 0.29) is 17.0 Å². The van der Waals surface area contributed by atoms with Gasteiger partial charge in [-0.2, -0.15) is 10.5 Å².